The van der Waals surface area contributed by atoms with E-state index in [1.54, 1.807) is 18.4 Å². The molecule has 0 amide bonds. The third kappa shape index (κ3) is 1.64. The summed E-state index contributed by atoms with van der Waals surface area (Å²) >= 11 is 7.22. The number of carboxylic acid groups (broad SMARTS) is 1. The van der Waals surface area contributed by atoms with Gasteiger partial charge in [-0.1, -0.05) is 16.8 Å². The third-order valence-electron chi connectivity index (χ3n) is 1.95. The van der Waals surface area contributed by atoms with Crippen molar-refractivity contribution in [3.05, 3.63) is 27.1 Å². The van der Waals surface area contributed by atoms with Crippen LogP contribution in [0.2, 0.25) is 4.34 Å². The molecule has 2 heterocycles. The van der Waals surface area contributed by atoms with Crippen LogP contribution in [0.3, 0.4) is 0 Å². The van der Waals surface area contributed by atoms with E-state index < -0.39 is 5.97 Å². The van der Waals surface area contributed by atoms with E-state index in [2.05, 4.69) is 5.16 Å². The van der Waals surface area contributed by atoms with Crippen LogP contribution in [0.5, 0.6) is 0 Å². The molecule has 2 aromatic heterocycles. The van der Waals surface area contributed by atoms with E-state index >= 15 is 0 Å². The number of halogens is 1. The molecule has 0 fully saturated rings. The fraction of sp³-hybridized carbons (Fsp3) is 0.111. The number of rotatable bonds is 2. The normalized spacial score (nSPS) is 10.5. The lowest BCUT2D eigenvalue weighted by Crippen LogP contribution is -1.98. The minimum absolute atomic E-state index is 0.0651. The van der Waals surface area contributed by atoms with Crippen LogP contribution in [0.1, 0.15) is 16.1 Å². The summed E-state index contributed by atoms with van der Waals surface area (Å²) in [7, 11) is 0. The second-order valence-corrected chi connectivity index (χ2v) is 4.39. The molecule has 15 heavy (non-hydrogen) atoms. The Morgan fingerprint density at radius 2 is 2.40 bits per heavy atom. The predicted molar refractivity (Wildman–Crippen MR) is 56.5 cm³/mol. The van der Waals surface area contributed by atoms with E-state index in [-0.39, 0.29) is 17.0 Å². The summed E-state index contributed by atoms with van der Waals surface area (Å²) in [5.41, 5.74) is 0.942. The maximum absolute atomic E-state index is 11.0. The maximum atomic E-state index is 11.0. The fourth-order valence-corrected chi connectivity index (χ4v) is 2.19. The molecule has 78 valence electrons. The summed E-state index contributed by atoms with van der Waals surface area (Å²) in [6, 6.07) is 1.72. The number of nitrogens with zero attached hydrogens (tertiary/aromatic N) is 1. The van der Waals surface area contributed by atoms with E-state index in [0.717, 1.165) is 0 Å². The Balaban J connectivity index is 2.64. The van der Waals surface area contributed by atoms with Crippen molar-refractivity contribution in [2.75, 3.05) is 0 Å². The summed E-state index contributed by atoms with van der Waals surface area (Å²) in [4.78, 5) is 11.0. The molecular formula is C9H6ClNO3S. The zero-order valence-electron chi connectivity index (χ0n) is 7.65. The minimum Gasteiger partial charge on any atom is -0.477 e. The van der Waals surface area contributed by atoms with Crippen LogP contribution in [0.15, 0.2) is 16.0 Å². The lowest BCUT2D eigenvalue weighted by Gasteiger charge is -1.94. The van der Waals surface area contributed by atoms with Crippen molar-refractivity contribution < 1.29 is 14.4 Å². The molecule has 2 aromatic rings. The molecule has 1 N–H and O–H groups in total. The molecule has 0 aromatic carbocycles. The Morgan fingerprint density at radius 3 is 2.93 bits per heavy atom. The van der Waals surface area contributed by atoms with E-state index in [9.17, 15) is 4.79 Å². The van der Waals surface area contributed by atoms with Gasteiger partial charge in [0.1, 0.15) is 21.4 Å². The van der Waals surface area contributed by atoms with Gasteiger partial charge >= 0.3 is 5.97 Å². The van der Waals surface area contributed by atoms with Crippen LogP contribution < -0.4 is 0 Å². The lowest BCUT2D eigenvalue weighted by atomic mass is 10.1. The zero-order valence-corrected chi connectivity index (χ0v) is 9.22. The van der Waals surface area contributed by atoms with Gasteiger partial charge in [-0.2, -0.15) is 0 Å². The molecule has 0 saturated carbocycles. The van der Waals surface area contributed by atoms with Crippen LogP contribution in [-0.2, 0) is 0 Å². The largest absolute Gasteiger partial charge is 0.477 e. The van der Waals surface area contributed by atoms with Crippen LogP contribution >= 0.6 is 22.9 Å². The number of hydrogen-bond acceptors (Lipinski definition) is 4. The zero-order chi connectivity index (χ0) is 11.0. The molecule has 0 aliphatic carbocycles. The Hall–Kier alpha value is -1.33. The predicted octanol–water partition coefficient (Wildman–Crippen LogP) is 3.06. The van der Waals surface area contributed by atoms with Crippen molar-refractivity contribution in [3.63, 3.8) is 0 Å². The molecule has 0 spiro atoms. The molecule has 0 atom stereocenters. The number of thiophene rings is 1. The summed E-state index contributed by atoms with van der Waals surface area (Å²) in [5, 5.41) is 14.5. The van der Waals surface area contributed by atoms with Crippen molar-refractivity contribution in [2.24, 2.45) is 0 Å². The molecule has 4 nitrogen and oxygen atoms in total. The Morgan fingerprint density at radius 1 is 1.67 bits per heavy atom. The van der Waals surface area contributed by atoms with Crippen molar-refractivity contribution in [1.82, 2.24) is 5.16 Å². The molecule has 6 heteroatoms. The first-order valence-electron chi connectivity index (χ1n) is 4.04. The molecule has 0 radical (unpaired) electrons. The molecule has 0 bridgehead atoms. The first-order chi connectivity index (χ1) is 7.11. The molecule has 0 aliphatic heterocycles. The van der Waals surface area contributed by atoms with E-state index in [4.69, 9.17) is 21.2 Å². The Bertz CT molecular complexity index is 517. The van der Waals surface area contributed by atoms with E-state index in [1.807, 2.05) is 0 Å². The molecular weight excluding hydrogens is 238 g/mol. The van der Waals surface area contributed by atoms with Gasteiger partial charge in [-0.3, -0.25) is 0 Å². The number of aromatic nitrogens is 1. The number of carboxylic acids is 1. The van der Waals surface area contributed by atoms with Crippen molar-refractivity contribution >= 4 is 28.9 Å². The summed E-state index contributed by atoms with van der Waals surface area (Å²) in [6.07, 6.45) is 0. The van der Waals surface area contributed by atoms with Crippen LogP contribution in [0.4, 0.5) is 0 Å². The minimum atomic E-state index is -1.06. The fourth-order valence-electron chi connectivity index (χ4n) is 1.27. The van der Waals surface area contributed by atoms with Gasteiger partial charge in [-0.05, 0) is 18.4 Å². The van der Waals surface area contributed by atoms with E-state index in [0.29, 0.717) is 9.90 Å². The number of hydrogen-bond donors (Lipinski definition) is 1. The number of carbonyl (C=O) groups is 1. The van der Waals surface area contributed by atoms with Crippen LogP contribution in [0.25, 0.3) is 11.3 Å². The van der Waals surface area contributed by atoms with Gasteiger partial charge in [0.15, 0.2) is 0 Å². The molecule has 2 rings (SSSR count). The smallest absolute Gasteiger partial charge is 0.341 e. The molecule has 0 aliphatic rings. The lowest BCUT2D eigenvalue weighted by molar-refractivity contribution is 0.0696. The number of aryl methyl sites for hydroxylation is 1. The second-order valence-electron chi connectivity index (χ2n) is 2.88. The second kappa shape index (κ2) is 3.67. The standard InChI is InChI=1S/C9H6ClNO3S/c1-4-6(9(12)13)7(11-14-4)5-2-3-15-8(5)10/h2-3H,1H3,(H,12,13). The highest BCUT2D eigenvalue weighted by Crippen LogP contribution is 2.34. The van der Waals surface area contributed by atoms with Crippen molar-refractivity contribution in [1.29, 1.82) is 0 Å². The first-order valence-corrected chi connectivity index (χ1v) is 5.30. The average Bonchev–Trinajstić information content (AvgIpc) is 2.71. The molecule has 0 saturated heterocycles. The van der Waals surface area contributed by atoms with Gasteiger partial charge in [0.25, 0.3) is 0 Å². The van der Waals surface area contributed by atoms with Gasteiger partial charge in [-0.25, -0.2) is 4.79 Å². The van der Waals surface area contributed by atoms with Gasteiger partial charge in [0.05, 0.1) is 0 Å². The van der Waals surface area contributed by atoms with Crippen molar-refractivity contribution in [3.8, 4) is 11.3 Å². The van der Waals surface area contributed by atoms with Gasteiger partial charge in [0, 0.05) is 5.56 Å². The van der Waals surface area contributed by atoms with Gasteiger partial charge < -0.3 is 9.63 Å². The molecule has 0 unspecified atom stereocenters. The highest BCUT2D eigenvalue weighted by Gasteiger charge is 2.22. The monoisotopic (exact) mass is 243 g/mol. The summed E-state index contributed by atoms with van der Waals surface area (Å²) < 4.78 is 5.36. The van der Waals surface area contributed by atoms with Gasteiger partial charge in [-0.15, -0.1) is 11.3 Å². The van der Waals surface area contributed by atoms with E-state index in [1.165, 1.54) is 11.3 Å². The topological polar surface area (TPSA) is 63.3 Å². The van der Waals surface area contributed by atoms with Crippen LogP contribution in [0, 0.1) is 6.92 Å². The highest BCUT2D eigenvalue weighted by molar-refractivity contribution is 7.15. The first kappa shape index (κ1) is 10.2. The average molecular weight is 244 g/mol. The Labute approximate surface area is 94.1 Å². The third-order valence-corrected chi connectivity index (χ3v) is 3.12. The van der Waals surface area contributed by atoms with Crippen LogP contribution in [-0.4, -0.2) is 16.2 Å². The summed E-state index contributed by atoms with van der Waals surface area (Å²) in [6.45, 7) is 1.56. The SMILES string of the molecule is Cc1onc(-c2ccsc2Cl)c1C(=O)O. The quantitative estimate of drug-likeness (QED) is 0.881. The van der Waals surface area contributed by atoms with Crippen molar-refractivity contribution in [2.45, 2.75) is 6.92 Å². The number of aromatic carboxylic acids is 1. The summed E-state index contributed by atoms with van der Waals surface area (Å²) in [5.74, 6) is -0.786. The highest BCUT2D eigenvalue weighted by atomic mass is 35.5. The van der Waals surface area contributed by atoms with Gasteiger partial charge in [0.2, 0.25) is 0 Å². The Kier molecular flexibility index (Phi) is 2.50. The maximum Gasteiger partial charge on any atom is 0.341 e.